The third kappa shape index (κ3) is 8.51. The molecule has 1 saturated carbocycles. The van der Waals surface area contributed by atoms with Crippen molar-refractivity contribution < 1.29 is 23.9 Å². The first-order valence-electron chi connectivity index (χ1n) is 15.8. The first-order chi connectivity index (χ1) is 22.0. The van der Waals surface area contributed by atoms with Crippen LogP contribution in [-0.2, 0) is 22.7 Å². The van der Waals surface area contributed by atoms with Gasteiger partial charge in [0.15, 0.2) is 6.61 Å². The Kier molecular flexibility index (Phi) is 10.1. The molecular weight excluding hydrogens is 582 g/mol. The van der Waals surface area contributed by atoms with E-state index in [1.807, 2.05) is 48.3 Å². The van der Waals surface area contributed by atoms with Crippen molar-refractivity contribution >= 4 is 35.0 Å². The Morgan fingerprint density at radius 2 is 1.59 bits per heavy atom. The number of hydrogen-bond donors (Lipinski definition) is 3. The van der Waals surface area contributed by atoms with Crippen LogP contribution in [-0.4, -0.2) is 59.7 Å². The summed E-state index contributed by atoms with van der Waals surface area (Å²) >= 11 is 0. The molecule has 0 radical (unpaired) electrons. The molecule has 0 saturated heterocycles. The van der Waals surface area contributed by atoms with Crippen molar-refractivity contribution in [2.75, 3.05) is 30.8 Å². The molecule has 1 heterocycles. The summed E-state index contributed by atoms with van der Waals surface area (Å²) < 4.78 is 5.49. The monoisotopic (exact) mass is 625 g/mol. The van der Waals surface area contributed by atoms with Crippen LogP contribution in [0.25, 0.3) is 0 Å². The highest BCUT2D eigenvalue weighted by molar-refractivity contribution is 6.04. The van der Waals surface area contributed by atoms with E-state index >= 15 is 0 Å². The number of ether oxygens (including phenoxy) is 1. The Balaban J connectivity index is 1.13. The second-order valence-electron chi connectivity index (χ2n) is 13.0. The molecule has 0 spiro atoms. The number of rotatable bonds is 13. The molecule has 0 atom stereocenters. The van der Waals surface area contributed by atoms with Gasteiger partial charge in [-0.1, -0.05) is 38.1 Å². The number of benzene rings is 3. The smallest absolute Gasteiger partial charge is 0.262 e. The summed E-state index contributed by atoms with van der Waals surface area (Å²) in [6.07, 6.45) is 4.06. The Morgan fingerprint density at radius 1 is 0.935 bits per heavy atom. The van der Waals surface area contributed by atoms with Crippen molar-refractivity contribution in [1.29, 1.82) is 0 Å². The molecule has 10 heteroatoms. The molecule has 1 fully saturated rings. The maximum absolute atomic E-state index is 13.5. The van der Waals surface area contributed by atoms with Gasteiger partial charge in [-0.3, -0.25) is 19.2 Å². The molecular formula is C36H43N5O5. The third-order valence-electron chi connectivity index (χ3n) is 8.57. The molecule has 1 aliphatic carbocycles. The summed E-state index contributed by atoms with van der Waals surface area (Å²) in [4.78, 5) is 54.2. The lowest BCUT2D eigenvalue weighted by molar-refractivity contribution is -0.131. The molecule has 0 aromatic heterocycles. The molecule has 0 bridgehead atoms. The molecule has 0 unspecified atom stereocenters. The minimum absolute atomic E-state index is 0.0446. The van der Waals surface area contributed by atoms with Gasteiger partial charge in [-0.2, -0.15) is 0 Å². The lowest BCUT2D eigenvalue weighted by atomic mass is 9.84. The van der Waals surface area contributed by atoms with E-state index in [2.05, 4.69) is 24.5 Å². The predicted molar refractivity (Wildman–Crippen MR) is 177 cm³/mol. The molecule has 5 rings (SSSR count). The van der Waals surface area contributed by atoms with Gasteiger partial charge in [0.05, 0.1) is 5.69 Å². The highest BCUT2D eigenvalue weighted by Crippen LogP contribution is 2.33. The highest BCUT2D eigenvalue weighted by atomic mass is 16.5. The summed E-state index contributed by atoms with van der Waals surface area (Å²) in [6, 6.07) is 20.0. The average Bonchev–Trinajstić information content (AvgIpc) is 3.88. The van der Waals surface area contributed by atoms with Crippen molar-refractivity contribution in [2.24, 2.45) is 11.1 Å². The van der Waals surface area contributed by atoms with Crippen molar-refractivity contribution in [3.63, 3.8) is 0 Å². The minimum atomic E-state index is -0.233. The fourth-order valence-corrected chi connectivity index (χ4v) is 5.50. The standard InChI is InChI=1S/C36H43N5O5/c1-36(2,18-19-37)17-16-33(43)40(3)21-24-6-11-28(12-7-24)38-34(44)26-8-4-25(5-9-26)22-41(29-13-14-29)35(45)27-10-15-30-31(20-27)46-23-32(42)39-30/h4-12,15,20,29H,13-14,16-19,21-23,37H2,1-3H3,(H,38,44)(H,39,42). The van der Waals surface area contributed by atoms with Crippen LogP contribution < -0.4 is 21.1 Å². The summed E-state index contributed by atoms with van der Waals surface area (Å²) in [6.45, 7) is 5.73. The molecule has 3 aromatic rings. The third-order valence-corrected chi connectivity index (χ3v) is 8.57. The number of carbonyl (C=O) groups excluding carboxylic acids is 4. The number of anilines is 2. The van der Waals surface area contributed by atoms with E-state index in [1.54, 1.807) is 35.2 Å². The second kappa shape index (κ2) is 14.2. The summed E-state index contributed by atoms with van der Waals surface area (Å²) in [7, 11) is 1.81. The van der Waals surface area contributed by atoms with Crippen LogP contribution in [0.5, 0.6) is 5.75 Å². The largest absolute Gasteiger partial charge is 0.482 e. The number of nitrogens with one attached hydrogen (secondary N) is 2. The van der Waals surface area contributed by atoms with Crippen LogP contribution >= 0.6 is 0 Å². The van der Waals surface area contributed by atoms with Gasteiger partial charge in [0, 0.05) is 49.4 Å². The molecule has 10 nitrogen and oxygen atoms in total. The van der Waals surface area contributed by atoms with Crippen molar-refractivity contribution in [2.45, 2.75) is 65.1 Å². The molecule has 2 aliphatic rings. The van der Waals surface area contributed by atoms with E-state index in [9.17, 15) is 19.2 Å². The van der Waals surface area contributed by atoms with E-state index in [1.165, 1.54) is 0 Å². The van der Waals surface area contributed by atoms with Crippen molar-refractivity contribution in [3.8, 4) is 5.75 Å². The van der Waals surface area contributed by atoms with E-state index in [0.29, 0.717) is 54.3 Å². The van der Waals surface area contributed by atoms with Crippen LogP contribution in [0.2, 0.25) is 0 Å². The number of nitrogens with two attached hydrogens (primary N) is 1. The summed E-state index contributed by atoms with van der Waals surface area (Å²) in [5.74, 6) is 0.0346. The molecule has 4 amide bonds. The predicted octanol–water partition coefficient (Wildman–Crippen LogP) is 5.19. The van der Waals surface area contributed by atoms with Gasteiger partial charge in [-0.15, -0.1) is 0 Å². The van der Waals surface area contributed by atoms with E-state index < -0.39 is 0 Å². The number of carbonyl (C=O) groups is 4. The zero-order chi connectivity index (χ0) is 32.8. The number of hydrogen-bond acceptors (Lipinski definition) is 6. The van der Waals surface area contributed by atoms with Crippen LogP contribution in [0.15, 0.2) is 66.7 Å². The molecule has 1 aliphatic heterocycles. The fourth-order valence-electron chi connectivity index (χ4n) is 5.50. The zero-order valence-corrected chi connectivity index (χ0v) is 26.8. The lowest BCUT2D eigenvalue weighted by Gasteiger charge is -2.25. The maximum atomic E-state index is 13.5. The van der Waals surface area contributed by atoms with Crippen LogP contribution in [0.3, 0.4) is 0 Å². The van der Waals surface area contributed by atoms with Gasteiger partial charge in [0.25, 0.3) is 17.7 Å². The lowest BCUT2D eigenvalue weighted by Crippen LogP contribution is -2.33. The quantitative estimate of drug-likeness (QED) is 0.240. The van der Waals surface area contributed by atoms with E-state index in [0.717, 1.165) is 36.8 Å². The summed E-state index contributed by atoms with van der Waals surface area (Å²) in [5.41, 5.74) is 9.86. The molecule has 4 N–H and O–H groups in total. The highest BCUT2D eigenvalue weighted by Gasteiger charge is 2.33. The summed E-state index contributed by atoms with van der Waals surface area (Å²) in [5, 5.41) is 5.68. The normalized spacial score (nSPS) is 14.0. The van der Waals surface area contributed by atoms with Gasteiger partial charge in [-0.25, -0.2) is 0 Å². The maximum Gasteiger partial charge on any atom is 0.262 e. The minimum Gasteiger partial charge on any atom is -0.482 e. The van der Waals surface area contributed by atoms with E-state index in [4.69, 9.17) is 10.5 Å². The van der Waals surface area contributed by atoms with Gasteiger partial charge in [-0.05, 0) is 91.2 Å². The van der Waals surface area contributed by atoms with Crippen LogP contribution in [0.1, 0.15) is 77.8 Å². The Hall–Kier alpha value is -4.70. The molecule has 46 heavy (non-hydrogen) atoms. The van der Waals surface area contributed by atoms with Gasteiger partial charge >= 0.3 is 0 Å². The zero-order valence-electron chi connectivity index (χ0n) is 26.8. The Bertz CT molecular complexity index is 1580. The van der Waals surface area contributed by atoms with Gasteiger partial charge in [0.1, 0.15) is 5.75 Å². The fraction of sp³-hybridized carbons (Fsp3) is 0.389. The van der Waals surface area contributed by atoms with E-state index in [-0.39, 0.29) is 41.7 Å². The van der Waals surface area contributed by atoms with Crippen molar-refractivity contribution in [3.05, 3.63) is 89.0 Å². The van der Waals surface area contributed by atoms with Crippen LogP contribution in [0.4, 0.5) is 11.4 Å². The first kappa shape index (κ1) is 32.7. The van der Waals surface area contributed by atoms with Crippen LogP contribution in [0, 0.1) is 5.41 Å². The Labute approximate surface area is 270 Å². The average molecular weight is 626 g/mol. The molecule has 3 aromatic carbocycles. The number of nitrogens with zero attached hydrogens (tertiary/aromatic N) is 2. The van der Waals surface area contributed by atoms with Gasteiger partial charge < -0.3 is 30.9 Å². The van der Waals surface area contributed by atoms with Crippen molar-refractivity contribution in [1.82, 2.24) is 9.80 Å². The SMILES string of the molecule is CN(Cc1ccc(NC(=O)c2ccc(CN(C(=O)c3ccc4c(c3)OCC(=O)N4)C3CC3)cc2)cc1)C(=O)CCC(C)(C)CCN. The molecule has 242 valence electrons. The number of fused-ring (bicyclic) bond motifs is 1. The topological polar surface area (TPSA) is 134 Å². The Morgan fingerprint density at radius 3 is 2.26 bits per heavy atom. The second-order valence-corrected chi connectivity index (χ2v) is 13.0. The number of amides is 4. The first-order valence-corrected chi connectivity index (χ1v) is 15.8. The van der Waals surface area contributed by atoms with Gasteiger partial charge in [0.2, 0.25) is 5.91 Å².